The topological polar surface area (TPSA) is 78.5 Å². The summed E-state index contributed by atoms with van der Waals surface area (Å²) in [5, 5.41) is 5.62. The Morgan fingerprint density at radius 3 is 2.45 bits per heavy atom. The molecule has 3 fully saturated rings. The third kappa shape index (κ3) is 3.10. The maximum absolute atomic E-state index is 12.0. The Morgan fingerprint density at radius 2 is 1.90 bits per heavy atom. The first-order valence-corrected chi connectivity index (χ1v) is 9.26. The molecule has 3 rings (SSSR count). The number of nitrogens with zero attached hydrogens (tertiary/aromatic N) is 1. The van der Waals surface area contributed by atoms with Gasteiger partial charge in [-0.2, -0.15) is 0 Å². The summed E-state index contributed by atoms with van der Waals surface area (Å²) >= 11 is 5.99. The van der Waals surface area contributed by atoms with Gasteiger partial charge in [0.25, 0.3) is 0 Å². The molecule has 0 bridgehead atoms. The first-order valence-electron chi connectivity index (χ1n) is 7.00. The van der Waals surface area contributed by atoms with Crippen LogP contribution in [0.1, 0.15) is 0 Å². The Bertz CT molecular complexity index is 486. The second-order valence-electron chi connectivity index (χ2n) is 6.14. The summed E-state index contributed by atoms with van der Waals surface area (Å²) in [5.74, 6) is 1.10. The Labute approximate surface area is 124 Å². The Hall–Kier alpha value is -0.370. The van der Waals surface area contributed by atoms with Gasteiger partial charge in [-0.05, 0) is 24.9 Å². The fourth-order valence-electron chi connectivity index (χ4n) is 3.47. The average Bonchev–Trinajstić information content (AvgIpc) is 2.92. The molecular formula is C12H20ClN3O3S. The van der Waals surface area contributed by atoms with Crippen molar-refractivity contribution in [2.75, 3.05) is 44.2 Å². The number of nitrogens with one attached hydrogen (secondary N) is 2. The zero-order valence-electron chi connectivity index (χ0n) is 11.2. The van der Waals surface area contributed by atoms with Crippen LogP contribution in [0.3, 0.4) is 0 Å². The van der Waals surface area contributed by atoms with Gasteiger partial charge in [0.2, 0.25) is 5.91 Å². The quantitative estimate of drug-likeness (QED) is 0.629. The van der Waals surface area contributed by atoms with Crippen molar-refractivity contribution in [3.63, 3.8) is 0 Å². The molecule has 3 saturated heterocycles. The van der Waals surface area contributed by atoms with Crippen molar-refractivity contribution in [1.82, 2.24) is 15.5 Å². The number of carbonyl (C=O) groups is 1. The smallest absolute Gasteiger partial charge is 0.234 e. The van der Waals surface area contributed by atoms with Crippen molar-refractivity contribution in [2.24, 2.45) is 11.8 Å². The van der Waals surface area contributed by atoms with E-state index < -0.39 is 21.3 Å². The SMILES string of the molecule is O=C(CN1C[C@H]2CNC[C@H]2C1)NC1CS(=O)(=O)CC1Cl. The molecule has 3 aliphatic rings. The highest BCUT2D eigenvalue weighted by Crippen LogP contribution is 2.26. The molecule has 0 aromatic heterocycles. The predicted molar refractivity (Wildman–Crippen MR) is 76.5 cm³/mol. The molecule has 0 aromatic rings. The van der Waals surface area contributed by atoms with E-state index in [-0.39, 0.29) is 17.4 Å². The molecule has 0 aliphatic carbocycles. The molecule has 0 radical (unpaired) electrons. The van der Waals surface area contributed by atoms with Crippen LogP contribution in [0.5, 0.6) is 0 Å². The van der Waals surface area contributed by atoms with Crippen molar-refractivity contribution >= 4 is 27.3 Å². The zero-order valence-corrected chi connectivity index (χ0v) is 12.8. The van der Waals surface area contributed by atoms with Gasteiger partial charge in [0.15, 0.2) is 9.84 Å². The van der Waals surface area contributed by atoms with Crippen LogP contribution >= 0.6 is 11.6 Å². The standard InChI is InChI=1S/C12H20ClN3O3S/c13-10-6-20(18,19)7-11(10)15-12(17)5-16-3-8-1-14-2-9(8)4-16/h8-11,14H,1-7H2,(H,15,17)/t8-,9+,10?,11?. The highest BCUT2D eigenvalue weighted by atomic mass is 35.5. The molecule has 0 aromatic carbocycles. The maximum Gasteiger partial charge on any atom is 0.234 e. The number of hydrogen-bond acceptors (Lipinski definition) is 5. The maximum atomic E-state index is 12.0. The van der Waals surface area contributed by atoms with Crippen LogP contribution in [0.4, 0.5) is 0 Å². The van der Waals surface area contributed by atoms with Crippen molar-refractivity contribution in [3.05, 3.63) is 0 Å². The summed E-state index contributed by atoms with van der Waals surface area (Å²) in [5.41, 5.74) is 0. The minimum absolute atomic E-state index is 0.0396. The molecule has 8 heteroatoms. The molecule has 114 valence electrons. The number of halogens is 1. The van der Waals surface area contributed by atoms with Crippen LogP contribution in [0.2, 0.25) is 0 Å². The van der Waals surface area contributed by atoms with Gasteiger partial charge in [0, 0.05) is 13.1 Å². The van der Waals surface area contributed by atoms with Crippen LogP contribution in [0.25, 0.3) is 0 Å². The number of amides is 1. The molecule has 3 aliphatic heterocycles. The average molecular weight is 322 g/mol. The van der Waals surface area contributed by atoms with Crippen molar-refractivity contribution in [2.45, 2.75) is 11.4 Å². The highest BCUT2D eigenvalue weighted by molar-refractivity contribution is 7.91. The van der Waals surface area contributed by atoms with Gasteiger partial charge in [0.1, 0.15) is 0 Å². The number of likely N-dealkylation sites (tertiary alicyclic amines) is 1. The van der Waals surface area contributed by atoms with Crippen LogP contribution < -0.4 is 10.6 Å². The third-order valence-corrected chi connectivity index (χ3v) is 6.84. The first-order chi connectivity index (χ1) is 9.43. The van der Waals surface area contributed by atoms with Gasteiger partial charge in [0.05, 0.1) is 29.5 Å². The van der Waals surface area contributed by atoms with E-state index in [0.29, 0.717) is 18.4 Å². The summed E-state index contributed by atoms with van der Waals surface area (Å²) in [6, 6.07) is -0.446. The van der Waals surface area contributed by atoms with Crippen molar-refractivity contribution < 1.29 is 13.2 Å². The summed E-state index contributed by atoms with van der Waals surface area (Å²) in [6.07, 6.45) is 0. The molecule has 6 nitrogen and oxygen atoms in total. The van der Waals surface area contributed by atoms with Crippen LogP contribution in [-0.2, 0) is 14.6 Å². The predicted octanol–water partition coefficient (Wildman–Crippen LogP) is -1.34. The Morgan fingerprint density at radius 1 is 1.25 bits per heavy atom. The lowest BCUT2D eigenvalue weighted by Gasteiger charge is -2.19. The molecule has 1 amide bonds. The highest BCUT2D eigenvalue weighted by Gasteiger charge is 2.39. The molecule has 3 heterocycles. The second-order valence-corrected chi connectivity index (χ2v) is 8.85. The second kappa shape index (κ2) is 5.44. The van der Waals surface area contributed by atoms with E-state index in [1.54, 1.807) is 0 Å². The number of carbonyl (C=O) groups excluding carboxylic acids is 1. The van der Waals surface area contributed by atoms with E-state index >= 15 is 0 Å². The first kappa shape index (κ1) is 14.6. The Kier molecular flexibility index (Phi) is 3.96. The largest absolute Gasteiger partial charge is 0.350 e. The van der Waals surface area contributed by atoms with E-state index in [9.17, 15) is 13.2 Å². The van der Waals surface area contributed by atoms with Gasteiger partial charge >= 0.3 is 0 Å². The molecule has 20 heavy (non-hydrogen) atoms. The van der Waals surface area contributed by atoms with Crippen molar-refractivity contribution in [1.29, 1.82) is 0 Å². The van der Waals surface area contributed by atoms with Crippen LogP contribution in [-0.4, -0.2) is 74.9 Å². The lowest BCUT2D eigenvalue weighted by Crippen LogP contribution is -2.45. The third-order valence-electron chi connectivity index (χ3n) is 4.46. The lowest BCUT2D eigenvalue weighted by molar-refractivity contribution is -0.122. The van der Waals surface area contributed by atoms with Gasteiger partial charge < -0.3 is 10.6 Å². The molecule has 2 N–H and O–H groups in total. The van der Waals surface area contributed by atoms with E-state index in [4.69, 9.17) is 11.6 Å². The zero-order chi connectivity index (χ0) is 14.3. The summed E-state index contributed by atoms with van der Waals surface area (Å²) in [6.45, 7) is 4.30. The fourth-order valence-corrected chi connectivity index (χ4v) is 6.02. The number of rotatable bonds is 3. The van der Waals surface area contributed by atoms with E-state index in [1.807, 2.05) is 0 Å². The monoisotopic (exact) mass is 321 g/mol. The number of alkyl halides is 1. The molecule has 2 unspecified atom stereocenters. The fraction of sp³-hybridized carbons (Fsp3) is 0.917. The van der Waals surface area contributed by atoms with E-state index in [1.165, 1.54) is 0 Å². The summed E-state index contributed by atoms with van der Waals surface area (Å²) < 4.78 is 22.9. The van der Waals surface area contributed by atoms with E-state index in [0.717, 1.165) is 26.2 Å². The molecule has 0 spiro atoms. The van der Waals surface area contributed by atoms with Gasteiger partial charge in [-0.15, -0.1) is 11.6 Å². The number of hydrogen-bond donors (Lipinski definition) is 2. The van der Waals surface area contributed by atoms with Gasteiger partial charge in [-0.1, -0.05) is 0 Å². The normalized spacial score (nSPS) is 39.9. The summed E-state index contributed by atoms with van der Waals surface area (Å²) in [7, 11) is -3.10. The number of sulfone groups is 1. The molecule has 0 saturated carbocycles. The minimum Gasteiger partial charge on any atom is -0.350 e. The van der Waals surface area contributed by atoms with Crippen LogP contribution in [0, 0.1) is 11.8 Å². The van der Waals surface area contributed by atoms with E-state index in [2.05, 4.69) is 15.5 Å². The Balaban J connectivity index is 1.48. The minimum atomic E-state index is -3.10. The van der Waals surface area contributed by atoms with Gasteiger partial charge in [-0.25, -0.2) is 8.42 Å². The summed E-state index contributed by atoms with van der Waals surface area (Å²) in [4.78, 5) is 14.2. The number of fused-ring (bicyclic) bond motifs is 1. The van der Waals surface area contributed by atoms with Crippen LogP contribution in [0.15, 0.2) is 0 Å². The van der Waals surface area contributed by atoms with Crippen molar-refractivity contribution in [3.8, 4) is 0 Å². The lowest BCUT2D eigenvalue weighted by atomic mass is 10.0. The van der Waals surface area contributed by atoms with Gasteiger partial charge in [-0.3, -0.25) is 9.69 Å². The molecular weight excluding hydrogens is 302 g/mol. The molecule has 4 atom stereocenters.